The first kappa shape index (κ1) is 14.1. The molecular weight excluding hydrogens is 252 g/mol. The van der Waals surface area contributed by atoms with Crippen molar-refractivity contribution < 1.29 is 4.74 Å². The number of methoxy groups -OCH3 is 1. The maximum absolute atomic E-state index is 5.44. The van der Waals surface area contributed by atoms with Crippen molar-refractivity contribution in [2.75, 3.05) is 24.3 Å². The molecule has 0 aliphatic rings. The standard InChI is InChI=1S/C15H20N4O/c1-4-9-16-14-13(20-3)15(18-10-17-14)19-12-8-6-5-7-11(12)2/h5-8,10H,4,9H2,1-3H3,(H2,16,17,18,19). The van der Waals surface area contributed by atoms with Crippen molar-refractivity contribution in [1.82, 2.24) is 9.97 Å². The van der Waals surface area contributed by atoms with E-state index >= 15 is 0 Å². The van der Waals surface area contributed by atoms with Crippen molar-refractivity contribution in [2.24, 2.45) is 0 Å². The number of anilines is 3. The van der Waals surface area contributed by atoms with Gasteiger partial charge in [0.15, 0.2) is 11.6 Å². The molecular formula is C15H20N4O. The molecule has 2 N–H and O–H groups in total. The Morgan fingerprint density at radius 3 is 2.60 bits per heavy atom. The van der Waals surface area contributed by atoms with Gasteiger partial charge in [-0.15, -0.1) is 0 Å². The maximum atomic E-state index is 5.44. The number of aromatic nitrogens is 2. The molecule has 2 rings (SSSR count). The lowest BCUT2D eigenvalue weighted by atomic mass is 10.2. The third-order valence-electron chi connectivity index (χ3n) is 2.95. The summed E-state index contributed by atoms with van der Waals surface area (Å²) >= 11 is 0. The van der Waals surface area contributed by atoms with E-state index in [1.807, 2.05) is 31.2 Å². The van der Waals surface area contributed by atoms with E-state index in [0.29, 0.717) is 17.4 Å². The molecule has 1 aromatic carbocycles. The highest BCUT2D eigenvalue weighted by molar-refractivity contribution is 5.70. The fourth-order valence-corrected chi connectivity index (χ4v) is 1.87. The molecule has 0 bridgehead atoms. The number of ether oxygens (including phenoxy) is 1. The SMILES string of the molecule is CCCNc1ncnc(Nc2ccccc2C)c1OC. The van der Waals surface area contributed by atoms with Crippen LogP contribution in [0.1, 0.15) is 18.9 Å². The molecule has 0 unspecified atom stereocenters. The minimum absolute atomic E-state index is 0.629. The Morgan fingerprint density at radius 2 is 1.90 bits per heavy atom. The molecule has 0 fully saturated rings. The predicted octanol–water partition coefficient (Wildman–Crippen LogP) is 3.36. The second-order valence-electron chi connectivity index (χ2n) is 4.47. The number of aryl methyl sites for hydroxylation is 1. The van der Waals surface area contributed by atoms with Crippen LogP contribution in [0.3, 0.4) is 0 Å². The van der Waals surface area contributed by atoms with Crippen LogP contribution in [-0.4, -0.2) is 23.6 Å². The van der Waals surface area contributed by atoms with Crippen LogP contribution in [-0.2, 0) is 0 Å². The summed E-state index contributed by atoms with van der Waals surface area (Å²) in [6.07, 6.45) is 2.55. The van der Waals surface area contributed by atoms with Gasteiger partial charge in [0.25, 0.3) is 0 Å². The largest absolute Gasteiger partial charge is 0.490 e. The Hall–Kier alpha value is -2.30. The van der Waals surface area contributed by atoms with E-state index in [4.69, 9.17) is 4.74 Å². The van der Waals surface area contributed by atoms with E-state index in [1.54, 1.807) is 7.11 Å². The van der Waals surface area contributed by atoms with Crippen molar-refractivity contribution in [3.8, 4) is 5.75 Å². The minimum Gasteiger partial charge on any atom is -0.490 e. The summed E-state index contributed by atoms with van der Waals surface area (Å²) in [5, 5.41) is 6.53. The number of hydrogen-bond acceptors (Lipinski definition) is 5. The number of nitrogens with one attached hydrogen (secondary N) is 2. The highest BCUT2D eigenvalue weighted by atomic mass is 16.5. The summed E-state index contributed by atoms with van der Waals surface area (Å²) < 4.78 is 5.44. The molecule has 1 aromatic heterocycles. The average molecular weight is 272 g/mol. The van der Waals surface area contributed by atoms with Crippen LogP contribution in [0.4, 0.5) is 17.3 Å². The second kappa shape index (κ2) is 6.75. The third-order valence-corrected chi connectivity index (χ3v) is 2.95. The average Bonchev–Trinajstić information content (AvgIpc) is 2.47. The summed E-state index contributed by atoms with van der Waals surface area (Å²) in [7, 11) is 1.62. The number of para-hydroxylation sites is 1. The first-order valence-corrected chi connectivity index (χ1v) is 6.71. The normalized spacial score (nSPS) is 10.2. The van der Waals surface area contributed by atoms with Crippen LogP contribution in [0.25, 0.3) is 0 Å². The Bertz CT molecular complexity index is 572. The first-order chi connectivity index (χ1) is 9.76. The number of benzene rings is 1. The van der Waals surface area contributed by atoms with Gasteiger partial charge in [-0.2, -0.15) is 0 Å². The summed E-state index contributed by atoms with van der Waals surface area (Å²) in [6, 6.07) is 8.05. The van der Waals surface area contributed by atoms with Gasteiger partial charge in [-0.1, -0.05) is 25.1 Å². The Labute approximate surface area is 119 Å². The van der Waals surface area contributed by atoms with Gasteiger partial charge in [0.1, 0.15) is 6.33 Å². The van der Waals surface area contributed by atoms with Gasteiger partial charge < -0.3 is 15.4 Å². The van der Waals surface area contributed by atoms with Crippen LogP contribution >= 0.6 is 0 Å². The quantitative estimate of drug-likeness (QED) is 0.844. The second-order valence-corrected chi connectivity index (χ2v) is 4.47. The Balaban J connectivity index is 2.29. The number of nitrogens with zero attached hydrogens (tertiary/aromatic N) is 2. The number of hydrogen-bond donors (Lipinski definition) is 2. The van der Waals surface area contributed by atoms with Crippen LogP contribution in [0, 0.1) is 6.92 Å². The van der Waals surface area contributed by atoms with Gasteiger partial charge >= 0.3 is 0 Å². The molecule has 0 atom stereocenters. The van der Waals surface area contributed by atoms with Crippen molar-refractivity contribution >= 4 is 17.3 Å². The topological polar surface area (TPSA) is 59.1 Å². The summed E-state index contributed by atoms with van der Waals surface area (Å²) in [4.78, 5) is 8.49. The molecule has 2 aromatic rings. The summed E-state index contributed by atoms with van der Waals surface area (Å²) in [5.74, 6) is 2.00. The van der Waals surface area contributed by atoms with E-state index < -0.39 is 0 Å². The molecule has 1 heterocycles. The van der Waals surface area contributed by atoms with Gasteiger partial charge in [0.05, 0.1) is 7.11 Å². The molecule has 0 spiro atoms. The lowest BCUT2D eigenvalue weighted by Gasteiger charge is -2.14. The number of rotatable bonds is 6. The van der Waals surface area contributed by atoms with E-state index in [0.717, 1.165) is 24.2 Å². The van der Waals surface area contributed by atoms with Gasteiger partial charge in [-0.05, 0) is 25.0 Å². The van der Waals surface area contributed by atoms with Crippen molar-refractivity contribution in [3.05, 3.63) is 36.2 Å². The Kier molecular flexibility index (Phi) is 4.76. The van der Waals surface area contributed by atoms with Crippen LogP contribution < -0.4 is 15.4 Å². The first-order valence-electron chi connectivity index (χ1n) is 6.71. The highest BCUT2D eigenvalue weighted by Crippen LogP contribution is 2.31. The molecule has 20 heavy (non-hydrogen) atoms. The predicted molar refractivity (Wildman–Crippen MR) is 81.8 cm³/mol. The third kappa shape index (κ3) is 3.17. The molecule has 0 amide bonds. The molecule has 0 aliphatic heterocycles. The van der Waals surface area contributed by atoms with Crippen LogP contribution in [0.5, 0.6) is 5.75 Å². The van der Waals surface area contributed by atoms with E-state index in [2.05, 4.69) is 27.5 Å². The van der Waals surface area contributed by atoms with Crippen LogP contribution in [0.2, 0.25) is 0 Å². The molecule has 0 radical (unpaired) electrons. The molecule has 0 saturated carbocycles. The molecule has 5 heteroatoms. The summed E-state index contributed by atoms with van der Waals surface area (Å²) in [6.45, 7) is 5.00. The molecule has 106 valence electrons. The van der Waals surface area contributed by atoms with E-state index in [9.17, 15) is 0 Å². The molecule has 5 nitrogen and oxygen atoms in total. The minimum atomic E-state index is 0.629. The van der Waals surface area contributed by atoms with Crippen molar-refractivity contribution in [3.63, 3.8) is 0 Å². The van der Waals surface area contributed by atoms with Crippen molar-refractivity contribution in [2.45, 2.75) is 20.3 Å². The highest BCUT2D eigenvalue weighted by Gasteiger charge is 2.12. The van der Waals surface area contributed by atoms with E-state index in [1.165, 1.54) is 6.33 Å². The van der Waals surface area contributed by atoms with Gasteiger partial charge in [0, 0.05) is 12.2 Å². The molecule has 0 aliphatic carbocycles. The fraction of sp³-hybridized carbons (Fsp3) is 0.333. The Morgan fingerprint density at radius 1 is 1.15 bits per heavy atom. The van der Waals surface area contributed by atoms with E-state index in [-0.39, 0.29) is 0 Å². The van der Waals surface area contributed by atoms with Gasteiger partial charge in [-0.3, -0.25) is 0 Å². The summed E-state index contributed by atoms with van der Waals surface area (Å²) in [5.41, 5.74) is 2.15. The zero-order valence-corrected chi connectivity index (χ0v) is 12.1. The van der Waals surface area contributed by atoms with Crippen LogP contribution in [0.15, 0.2) is 30.6 Å². The van der Waals surface area contributed by atoms with Crippen molar-refractivity contribution in [1.29, 1.82) is 0 Å². The lowest BCUT2D eigenvalue weighted by Crippen LogP contribution is -2.07. The molecule has 0 saturated heterocycles. The lowest BCUT2D eigenvalue weighted by molar-refractivity contribution is 0.415. The monoisotopic (exact) mass is 272 g/mol. The zero-order valence-electron chi connectivity index (χ0n) is 12.1. The fourth-order valence-electron chi connectivity index (χ4n) is 1.87. The smallest absolute Gasteiger partial charge is 0.204 e. The maximum Gasteiger partial charge on any atom is 0.204 e. The van der Waals surface area contributed by atoms with Gasteiger partial charge in [-0.25, -0.2) is 9.97 Å². The zero-order chi connectivity index (χ0) is 14.4. The van der Waals surface area contributed by atoms with Gasteiger partial charge in [0.2, 0.25) is 5.75 Å².